The number of fused-ring (bicyclic) bond motifs is 1. The average Bonchev–Trinajstić information content (AvgIpc) is 3.07. The molecule has 1 aromatic carbocycles. The number of sulfone groups is 1. The van der Waals surface area contributed by atoms with Gasteiger partial charge in [0.05, 0.1) is 17.5 Å². The molecule has 3 fully saturated rings. The minimum Gasteiger partial charge on any atom is -0.316 e. The number of nitrogens with zero attached hydrogens (tertiary/aromatic N) is 2. The Bertz CT molecular complexity index is 832. The third kappa shape index (κ3) is 3.53. The molecule has 2 aliphatic heterocycles. The Hall–Kier alpha value is -1.41. The van der Waals surface area contributed by atoms with Gasteiger partial charge in [-0.2, -0.15) is 4.99 Å². The lowest BCUT2D eigenvalue weighted by Crippen LogP contribution is -2.38. The molecule has 1 aromatic rings. The first kappa shape index (κ1) is 18.0. The van der Waals surface area contributed by atoms with Crippen LogP contribution in [-0.2, 0) is 14.6 Å². The summed E-state index contributed by atoms with van der Waals surface area (Å²) in [6.07, 6.45) is 5.02. The molecule has 1 saturated carbocycles. The highest BCUT2D eigenvalue weighted by Crippen LogP contribution is 2.41. The van der Waals surface area contributed by atoms with Gasteiger partial charge in [0, 0.05) is 16.9 Å². The van der Waals surface area contributed by atoms with Crippen LogP contribution >= 0.6 is 11.8 Å². The molecule has 2 atom stereocenters. The summed E-state index contributed by atoms with van der Waals surface area (Å²) in [6.45, 7) is 0. The van der Waals surface area contributed by atoms with Crippen LogP contribution in [0.2, 0.25) is 0 Å². The number of amides is 1. The van der Waals surface area contributed by atoms with E-state index in [1.165, 1.54) is 30.3 Å². The molecule has 5 nitrogen and oxygen atoms in total. The molecule has 0 radical (unpaired) electrons. The van der Waals surface area contributed by atoms with Crippen molar-refractivity contribution in [1.29, 1.82) is 0 Å². The number of hydrogen-bond acceptors (Lipinski definition) is 4. The van der Waals surface area contributed by atoms with Crippen molar-refractivity contribution < 1.29 is 17.6 Å². The smallest absolute Gasteiger partial charge is 0.251 e. The number of halogens is 1. The van der Waals surface area contributed by atoms with Gasteiger partial charge in [-0.1, -0.05) is 31.0 Å². The van der Waals surface area contributed by atoms with E-state index in [0.717, 1.165) is 25.7 Å². The minimum atomic E-state index is -3.10. The number of amidine groups is 1. The van der Waals surface area contributed by atoms with E-state index >= 15 is 0 Å². The standard InChI is InChI=1S/C18H21FN2O3S2/c19-13-6-8-14(9-7-13)21-15-10-26(23,24)11-16(15)25-18(21)20-17(22)12-4-2-1-3-5-12/h6-9,12,15-16H,1-5,10-11H2/t15-,16-/m0/s1. The lowest BCUT2D eigenvalue weighted by molar-refractivity contribution is -0.122. The molecular formula is C18H21FN2O3S2. The number of benzene rings is 1. The predicted molar refractivity (Wildman–Crippen MR) is 102 cm³/mol. The monoisotopic (exact) mass is 396 g/mol. The summed E-state index contributed by atoms with van der Waals surface area (Å²) in [7, 11) is -3.10. The highest BCUT2D eigenvalue weighted by Gasteiger charge is 2.49. The van der Waals surface area contributed by atoms with Crippen molar-refractivity contribution in [3.63, 3.8) is 0 Å². The molecule has 26 heavy (non-hydrogen) atoms. The molecule has 0 aromatic heterocycles. The van der Waals surface area contributed by atoms with Gasteiger partial charge >= 0.3 is 0 Å². The van der Waals surface area contributed by atoms with Gasteiger partial charge in [-0.3, -0.25) is 4.79 Å². The summed E-state index contributed by atoms with van der Waals surface area (Å²) in [5.74, 6) is -0.360. The van der Waals surface area contributed by atoms with E-state index in [0.29, 0.717) is 10.9 Å². The van der Waals surface area contributed by atoms with Crippen LogP contribution in [0.25, 0.3) is 0 Å². The van der Waals surface area contributed by atoms with Crippen molar-refractivity contribution in [3.8, 4) is 0 Å². The van der Waals surface area contributed by atoms with Crippen LogP contribution in [-0.4, -0.2) is 42.3 Å². The number of carbonyl (C=O) groups excluding carboxylic acids is 1. The third-order valence-corrected chi connectivity index (χ3v) is 8.54. The summed E-state index contributed by atoms with van der Waals surface area (Å²) in [5.41, 5.74) is 0.679. The molecule has 0 spiro atoms. The number of anilines is 1. The van der Waals surface area contributed by atoms with Crippen molar-refractivity contribution in [1.82, 2.24) is 0 Å². The van der Waals surface area contributed by atoms with Crippen LogP contribution in [0.15, 0.2) is 29.3 Å². The van der Waals surface area contributed by atoms with Crippen molar-refractivity contribution in [3.05, 3.63) is 30.1 Å². The first-order valence-corrected chi connectivity index (χ1v) is 11.7. The Balaban J connectivity index is 1.65. The molecule has 8 heteroatoms. The number of thioether (sulfide) groups is 1. The normalized spacial score (nSPS) is 29.9. The minimum absolute atomic E-state index is 0.0314. The first-order chi connectivity index (χ1) is 12.4. The van der Waals surface area contributed by atoms with Crippen molar-refractivity contribution in [2.75, 3.05) is 16.4 Å². The fourth-order valence-corrected chi connectivity index (χ4v) is 7.92. The molecule has 3 aliphatic rings. The topological polar surface area (TPSA) is 66.8 Å². The van der Waals surface area contributed by atoms with E-state index in [4.69, 9.17) is 0 Å². The van der Waals surface area contributed by atoms with E-state index in [2.05, 4.69) is 4.99 Å². The van der Waals surface area contributed by atoms with E-state index in [-0.39, 0.29) is 40.4 Å². The van der Waals surface area contributed by atoms with Gasteiger partial charge in [-0.15, -0.1) is 0 Å². The Morgan fingerprint density at radius 3 is 2.50 bits per heavy atom. The molecule has 1 aliphatic carbocycles. The average molecular weight is 397 g/mol. The molecule has 0 N–H and O–H groups in total. The number of rotatable bonds is 2. The highest BCUT2D eigenvalue weighted by atomic mass is 32.2. The van der Waals surface area contributed by atoms with Gasteiger partial charge in [-0.25, -0.2) is 12.8 Å². The maximum atomic E-state index is 13.3. The van der Waals surface area contributed by atoms with Gasteiger partial charge in [0.25, 0.3) is 5.91 Å². The molecule has 0 bridgehead atoms. The second kappa shape index (κ2) is 6.96. The largest absolute Gasteiger partial charge is 0.316 e. The second-order valence-electron chi connectivity index (χ2n) is 7.21. The zero-order valence-electron chi connectivity index (χ0n) is 14.3. The van der Waals surface area contributed by atoms with Crippen LogP contribution in [0.1, 0.15) is 32.1 Å². The zero-order chi connectivity index (χ0) is 18.3. The molecule has 1 amide bonds. The number of carbonyl (C=O) groups is 1. The van der Waals surface area contributed by atoms with Crippen LogP contribution in [0.5, 0.6) is 0 Å². The summed E-state index contributed by atoms with van der Waals surface area (Å²) in [5, 5.41) is 0.417. The number of aliphatic imine (C=N–C) groups is 1. The van der Waals surface area contributed by atoms with Gasteiger partial charge in [-0.05, 0) is 37.1 Å². The second-order valence-corrected chi connectivity index (χ2v) is 10.6. The summed E-state index contributed by atoms with van der Waals surface area (Å²) in [6, 6.07) is 5.66. The summed E-state index contributed by atoms with van der Waals surface area (Å²) >= 11 is 1.37. The Labute approximate surface area is 157 Å². The Morgan fingerprint density at radius 1 is 1.12 bits per heavy atom. The Kier molecular flexibility index (Phi) is 4.81. The van der Waals surface area contributed by atoms with Crippen molar-refractivity contribution in [2.45, 2.75) is 43.4 Å². The lowest BCUT2D eigenvalue weighted by atomic mass is 9.89. The van der Waals surface area contributed by atoms with Gasteiger partial charge in [0.2, 0.25) is 0 Å². The summed E-state index contributed by atoms with van der Waals surface area (Å²) in [4.78, 5) is 18.8. The van der Waals surface area contributed by atoms with Crippen LogP contribution < -0.4 is 4.90 Å². The molecule has 140 valence electrons. The maximum Gasteiger partial charge on any atom is 0.251 e. The zero-order valence-corrected chi connectivity index (χ0v) is 15.9. The fraction of sp³-hybridized carbons (Fsp3) is 0.556. The molecule has 2 saturated heterocycles. The lowest BCUT2D eigenvalue weighted by Gasteiger charge is -2.25. The Morgan fingerprint density at radius 2 is 1.81 bits per heavy atom. The number of hydrogen-bond donors (Lipinski definition) is 0. The molecule has 0 unspecified atom stereocenters. The maximum absolute atomic E-state index is 13.3. The fourth-order valence-electron chi connectivity index (χ4n) is 4.00. The van der Waals surface area contributed by atoms with Gasteiger partial charge < -0.3 is 4.90 Å². The van der Waals surface area contributed by atoms with E-state index < -0.39 is 9.84 Å². The predicted octanol–water partition coefficient (Wildman–Crippen LogP) is 3.01. The van der Waals surface area contributed by atoms with E-state index in [1.54, 1.807) is 12.1 Å². The van der Waals surface area contributed by atoms with Crippen molar-refractivity contribution in [2.24, 2.45) is 10.9 Å². The highest BCUT2D eigenvalue weighted by molar-refractivity contribution is 8.16. The van der Waals surface area contributed by atoms with Crippen molar-refractivity contribution >= 4 is 38.4 Å². The third-order valence-electron chi connectivity index (χ3n) is 5.33. The summed E-state index contributed by atoms with van der Waals surface area (Å²) < 4.78 is 37.4. The van der Waals surface area contributed by atoms with Gasteiger partial charge in [0.1, 0.15) is 5.82 Å². The molecule has 4 rings (SSSR count). The van der Waals surface area contributed by atoms with Gasteiger partial charge in [0.15, 0.2) is 15.0 Å². The van der Waals surface area contributed by atoms with E-state index in [1.807, 2.05) is 4.90 Å². The first-order valence-electron chi connectivity index (χ1n) is 8.97. The van der Waals surface area contributed by atoms with Crippen LogP contribution in [0, 0.1) is 11.7 Å². The van der Waals surface area contributed by atoms with E-state index in [9.17, 15) is 17.6 Å². The van der Waals surface area contributed by atoms with Crippen LogP contribution in [0.4, 0.5) is 10.1 Å². The molecule has 2 heterocycles. The van der Waals surface area contributed by atoms with Crippen LogP contribution in [0.3, 0.4) is 0 Å². The molecular weight excluding hydrogens is 375 g/mol. The quantitative estimate of drug-likeness (QED) is 0.769. The SMILES string of the molecule is O=C(N=C1S[C@H]2CS(=O)(=O)C[C@@H]2N1c1ccc(F)cc1)C1CCCCC1.